The van der Waals surface area contributed by atoms with E-state index in [0.29, 0.717) is 25.3 Å². The van der Waals surface area contributed by atoms with Gasteiger partial charge in [-0.15, -0.1) is 11.3 Å². The minimum atomic E-state index is -0.446. The van der Waals surface area contributed by atoms with E-state index in [-0.39, 0.29) is 11.8 Å². The van der Waals surface area contributed by atoms with Crippen molar-refractivity contribution in [2.24, 2.45) is 0 Å². The molecule has 19 heavy (non-hydrogen) atoms. The summed E-state index contributed by atoms with van der Waals surface area (Å²) >= 11 is 1.44. The number of thiazole rings is 1. The van der Waals surface area contributed by atoms with Crippen LogP contribution in [0.5, 0.6) is 0 Å². The highest BCUT2D eigenvalue weighted by Gasteiger charge is 2.34. The van der Waals surface area contributed by atoms with E-state index in [0.717, 1.165) is 5.01 Å². The zero-order chi connectivity index (χ0) is 14.0. The van der Waals surface area contributed by atoms with Crippen LogP contribution in [0, 0.1) is 6.92 Å². The summed E-state index contributed by atoms with van der Waals surface area (Å²) in [5.74, 6) is -0.224. The zero-order valence-corrected chi connectivity index (χ0v) is 12.2. The maximum absolute atomic E-state index is 12.4. The van der Waals surface area contributed by atoms with Gasteiger partial charge in [0.25, 0.3) is 5.91 Å². The van der Waals surface area contributed by atoms with Crippen LogP contribution in [0.15, 0.2) is 5.38 Å². The normalized spacial score (nSPS) is 19.3. The van der Waals surface area contributed by atoms with Crippen LogP contribution in [0.3, 0.4) is 0 Å². The quantitative estimate of drug-likeness (QED) is 0.826. The maximum Gasteiger partial charge on any atom is 0.274 e. The van der Waals surface area contributed by atoms with Gasteiger partial charge in [-0.25, -0.2) is 4.98 Å². The predicted molar refractivity (Wildman–Crippen MR) is 73.2 cm³/mol. The first-order valence-electron chi connectivity index (χ1n) is 6.15. The molecule has 1 saturated heterocycles. The number of hydrogen-bond donors (Lipinski definition) is 1. The summed E-state index contributed by atoms with van der Waals surface area (Å²) in [6, 6.07) is -0.446. The van der Waals surface area contributed by atoms with Gasteiger partial charge in [0.1, 0.15) is 11.7 Å². The Balaban J connectivity index is 2.20. The lowest BCUT2D eigenvalue weighted by molar-refractivity contribution is -0.134. The van der Waals surface area contributed by atoms with Crippen LogP contribution in [0.1, 0.15) is 15.5 Å². The van der Waals surface area contributed by atoms with E-state index in [2.05, 4.69) is 10.3 Å². The number of likely N-dealkylation sites (N-methyl/N-ethyl adjacent to an activating group) is 1. The molecule has 104 valence electrons. The van der Waals surface area contributed by atoms with Crippen molar-refractivity contribution >= 4 is 23.2 Å². The van der Waals surface area contributed by atoms with Gasteiger partial charge in [0.2, 0.25) is 5.91 Å². The molecule has 2 rings (SSSR count). The summed E-state index contributed by atoms with van der Waals surface area (Å²) in [5, 5.41) is 5.76. The Labute approximate surface area is 116 Å². The molecule has 2 amide bonds. The van der Waals surface area contributed by atoms with Crippen molar-refractivity contribution in [2.45, 2.75) is 13.0 Å². The van der Waals surface area contributed by atoms with E-state index in [4.69, 9.17) is 0 Å². The highest BCUT2D eigenvalue weighted by atomic mass is 32.1. The van der Waals surface area contributed by atoms with Crippen LogP contribution in [0.2, 0.25) is 0 Å². The van der Waals surface area contributed by atoms with Crippen molar-refractivity contribution in [1.82, 2.24) is 20.1 Å². The molecule has 1 aliphatic rings. The second kappa shape index (κ2) is 5.66. The molecule has 1 aromatic heterocycles. The molecule has 7 heteroatoms. The molecule has 1 atom stereocenters. The van der Waals surface area contributed by atoms with Gasteiger partial charge in [-0.05, 0) is 6.92 Å². The number of piperazine rings is 1. The van der Waals surface area contributed by atoms with Crippen molar-refractivity contribution in [3.05, 3.63) is 16.1 Å². The molecule has 0 spiro atoms. The summed E-state index contributed by atoms with van der Waals surface area (Å²) in [7, 11) is 3.40. The molecule has 0 aromatic carbocycles. The summed E-state index contributed by atoms with van der Waals surface area (Å²) in [6.45, 7) is 3.58. The standard InChI is InChI=1S/C12H18N4O2S/c1-8-14-9(7-19-8)11(17)16-5-4-13-6-10(16)12(18)15(2)3/h7,10,13H,4-6H2,1-3H3. The van der Waals surface area contributed by atoms with Gasteiger partial charge in [-0.3, -0.25) is 9.59 Å². The van der Waals surface area contributed by atoms with Crippen molar-refractivity contribution in [1.29, 1.82) is 0 Å². The van der Waals surface area contributed by atoms with Crippen LogP contribution in [0.4, 0.5) is 0 Å². The predicted octanol–water partition coefficient (Wildman–Crippen LogP) is -0.0463. The number of nitrogens with zero attached hydrogens (tertiary/aromatic N) is 3. The van der Waals surface area contributed by atoms with Gasteiger partial charge >= 0.3 is 0 Å². The molecule has 0 bridgehead atoms. The number of carbonyl (C=O) groups is 2. The lowest BCUT2D eigenvalue weighted by Gasteiger charge is -2.36. The van der Waals surface area contributed by atoms with Crippen molar-refractivity contribution in [3.8, 4) is 0 Å². The third kappa shape index (κ3) is 2.93. The third-order valence-electron chi connectivity index (χ3n) is 3.07. The lowest BCUT2D eigenvalue weighted by atomic mass is 10.1. The summed E-state index contributed by atoms with van der Waals surface area (Å²) in [4.78, 5) is 31.9. The smallest absolute Gasteiger partial charge is 0.274 e. The minimum absolute atomic E-state index is 0.0625. The Hall–Kier alpha value is -1.47. The summed E-state index contributed by atoms with van der Waals surface area (Å²) < 4.78 is 0. The maximum atomic E-state index is 12.4. The molecule has 1 unspecified atom stereocenters. The van der Waals surface area contributed by atoms with Crippen molar-refractivity contribution in [2.75, 3.05) is 33.7 Å². The van der Waals surface area contributed by atoms with E-state index in [1.54, 1.807) is 24.4 Å². The van der Waals surface area contributed by atoms with Gasteiger partial charge in [0.05, 0.1) is 5.01 Å². The second-order valence-electron chi connectivity index (χ2n) is 4.70. The summed E-state index contributed by atoms with van der Waals surface area (Å²) in [5.41, 5.74) is 0.431. The molecule has 0 aliphatic carbocycles. The number of nitrogens with one attached hydrogen (secondary N) is 1. The fraction of sp³-hybridized carbons (Fsp3) is 0.583. The molecule has 1 fully saturated rings. The van der Waals surface area contributed by atoms with Crippen LogP contribution < -0.4 is 5.32 Å². The van der Waals surface area contributed by atoms with Gasteiger partial charge in [-0.1, -0.05) is 0 Å². The molecule has 6 nitrogen and oxygen atoms in total. The first-order valence-corrected chi connectivity index (χ1v) is 7.03. The van der Waals surface area contributed by atoms with Crippen LogP contribution in [-0.2, 0) is 4.79 Å². The van der Waals surface area contributed by atoms with Gasteiger partial charge < -0.3 is 15.1 Å². The summed E-state index contributed by atoms with van der Waals surface area (Å²) in [6.07, 6.45) is 0. The average molecular weight is 282 g/mol. The number of rotatable bonds is 2. The van der Waals surface area contributed by atoms with E-state index in [1.807, 2.05) is 6.92 Å². The highest BCUT2D eigenvalue weighted by Crippen LogP contribution is 2.14. The second-order valence-corrected chi connectivity index (χ2v) is 5.77. The fourth-order valence-electron chi connectivity index (χ4n) is 2.07. The Bertz CT molecular complexity index is 486. The highest BCUT2D eigenvalue weighted by molar-refractivity contribution is 7.09. The molecular formula is C12H18N4O2S. The molecule has 1 aromatic rings. The molecule has 0 radical (unpaired) electrons. The monoisotopic (exact) mass is 282 g/mol. The van der Waals surface area contributed by atoms with Gasteiger partial charge in [0, 0.05) is 39.1 Å². The van der Waals surface area contributed by atoms with E-state index >= 15 is 0 Å². The van der Waals surface area contributed by atoms with Crippen molar-refractivity contribution in [3.63, 3.8) is 0 Å². The van der Waals surface area contributed by atoms with E-state index < -0.39 is 6.04 Å². The molecule has 1 aliphatic heterocycles. The number of hydrogen-bond acceptors (Lipinski definition) is 5. The Morgan fingerprint density at radius 3 is 2.84 bits per heavy atom. The minimum Gasteiger partial charge on any atom is -0.347 e. The zero-order valence-electron chi connectivity index (χ0n) is 11.3. The van der Waals surface area contributed by atoms with Gasteiger partial charge in [0.15, 0.2) is 0 Å². The largest absolute Gasteiger partial charge is 0.347 e. The lowest BCUT2D eigenvalue weighted by Crippen LogP contribution is -2.59. The Morgan fingerprint density at radius 2 is 2.26 bits per heavy atom. The van der Waals surface area contributed by atoms with Crippen LogP contribution >= 0.6 is 11.3 Å². The Morgan fingerprint density at radius 1 is 1.53 bits per heavy atom. The SMILES string of the molecule is Cc1nc(C(=O)N2CCNCC2C(=O)N(C)C)cs1. The fourth-order valence-corrected chi connectivity index (χ4v) is 2.66. The first kappa shape index (κ1) is 14.0. The van der Waals surface area contributed by atoms with Gasteiger partial charge in [-0.2, -0.15) is 0 Å². The number of carbonyl (C=O) groups excluding carboxylic acids is 2. The molecular weight excluding hydrogens is 264 g/mol. The molecule has 1 N–H and O–H groups in total. The molecule has 0 saturated carbocycles. The van der Waals surface area contributed by atoms with E-state index in [9.17, 15) is 9.59 Å². The van der Waals surface area contributed by atoms with Crippen molar-refractivity contribution < 1.29 is 9.59 Å². The number of amides is 2. The van der Waals surface area contributed by atoms with E-state index in [1.165, 1.54) is 16.2 Å². The van der Waals surface area contributed by atoms with Crippen LogP contribution in [0.25, 0.3) is 0 Å². The Kier molecular flexibility index (Phi) is 4.16. The average Bonchev–Trinajstić information content (AvgIpc) is 2.83. The number of aromatic nitrogens is 1. The molecule has 2 heterocycles. The topological polar surface area (TPSA) is 65.5 Å². The third-order valence-corrected chi connectivity index (χ3v) is 3.84. The number of aryl methyl sites for hydroxylation is 1. The van der Waals surface area contributed by atoms with Crippen LogP contribution in [-0.4, -0.2) is 66.4 Å². The first-order chi connectivity index (χ1) is 9.00.